The van der Waals surface area contributed by atoms with E-state index in [9.17, 15) is 4.79 Å². The molecule has 0 saturated heterocycles. The smallest absolute Gasteiger partial charge is 0.259 e. The summed E-state index contributed by atoms with van der Waals surface area (Å²) in [6, 6.07) is 14.4. The summed E-state index contributed by atoms with van der Waals surface area (Å²) in [6.07, 6.45) is 0. The van der Waals surface area contributed by atoms with Gasteiger partial charge in [-0.3, -0.25) is 4.79 Å². The summed E-state index contributed by atoms with van der Waals surface area (Å²) in [6.45, 7) is 0. The van der Waals surface area contributed by atoms with Crippen LogP contribution in [0.3, 0.4) is 0 Å². The Labute approximate surface area is 112 Å². The zero-order valence-electron chi connectivity index (χ0n) is 10.8. The Morgan fingerprint density at radius 3 is 2.37 bits per heavy atom. The summed E-state index contributed by atoms with van der Waals surface area (Å²) in [4.78, 5) is 12.2. The first kappa shape index (κ1) is 13.0. The SMILES string of the molecule is COc1ccc(OC)c(C(=O)Nc2ccccc2)c1. The van der Waals surface area contributed by atoms with E-state index in [1.54, 1.807) is 25.3 Å². The summed E-state index contributed by atoms with van der Waals surface area (Å²) < 4.78 is 10.3. The van der Waals surface area contributed by atoms with Gasteiger partial charge in [0.25, 0.3) is 5.91 Å². The van der Waals surface area contributed by atoms with Gasteiger partial charge >= 0.3 is 0 Å². The molecule has 1 amide bonds. The average molecular weight is 257 g/mol. The van der Waals surface area contributed by atoms with Crippen LogP contribution in [0.15, 0.2) is 48.5 Å². The van der Waals surface area contributed by atoms with E-state index >= 15 is 0 Å². The molecule has 0 aliphatic heterocycles. The van der Waals surface area contributed by atoms with Crippen LogP contribution in [0.2, 0.25) is 0 Å². The van der Waals surface area contributed by atoms with Crippen LogP contribution in [-0.4, -0.2) is 20.1 Å². The molecule has 0 spiro atoms. The number of anilines is 1. The lowest BCUT2D eigenvalue weighted by molar-refractivity contribution is 0.102. The van der Waals surface area contributed by atoms with Crippen molar-refractivity contribution in [2.75, 3.05) is 19.5 Å². The lowest BCUT2D eigenvalue weighted by Crippen LogP contribution is -2.13. The summed E-state index contributed by atoms with van der Waals surface area (Å²) in [5.41, 5.74) is 1.17. The number of ether oxygens (including phenoxy) is 2. The average Bonchev–Trinajstić information content (AvgIpc) is 2.47. The number of para-hydroxylation sites is 1. The number of carbonyl (C=O) groups excluding carboxylic acids is 1. The molecule has 1 N–H and O–H groups in total. The highest BCUT2D eigenvalue weighted by molar-refractivity contribution is 6.06. The quantitative estimate of drug-likeness (QED) is 0.916. The van der Waals surface area contributed by atoms with Crippen molar-refractivity contribution in [3.05, 3.63) is 54.1 Å². The molecule has 0 saturated carbocycles. The summed E-state index contributed by atoms with van der Waals surface area (Å²) in [7, 11) is 3.09. The summed E-state index contributed by atoms with van der Waals surface area (Å²) in [5, 5.41) is 2.81. The van der Waals surface area contributed by atoms with Crippen molar-refractivity contribution < 1.29 is 14.3 Å². The lowest BCUT2D eigenvalue weighted by atomic mass is 10.1. The Bertz CT molecular complexity index is 567. The van der Waals surface area contributed by atoms with E-state index in [-0.39, 0.29) is 5.91 Å². The fraction of sp³-hybridized carbons (Fsp3) is 0.133. The third-order valence-corrected chi connectivity index (χ3v) is 2.68. The molecule has 4 heteroatoms. The molecule has 98 valence electrons. The molecule has 0 heterocycles. The molecular weight excluding hydrogens is 242 g/mol. The Morgan fingerprint density at radius 1 is 1.00 bits per heavy atom. The van der Waals surface area contributed by atoms with E-state index in [0.717, 1.165) is 5.69 Å². The zero-order chi connectivity index (χ0) is 13.7. The second kappa shape index (κ2) is 5.91. The molecule has 0 aromatic heterocycles. The molecule has 0 aliphatic rings. The summed E-state index contributed by atoms with van der Waals surface area (Å²) in [5.74, 6) is 0.884. The standard InChI is InChI=1S/C15H15NO3/c1-18-12-8-9-14(19-2)13(10-12)15(17)16-11-6-4-3-5-7-11/h3-10H,1-2H3,(H,16,17). The molecule has 19 heavy (non-hydrogen) atoms. The number of hydrogen-bond donors (Lipinski definition) is 1. The molecule has 0 bridgehead atoms. The highest BCUT2D eigenvalue weighted by atomic mass is 16.5. The molecule has 2 aromatic carbocycles. The molecule has 0 fully saturated rings. The first-order valence-electron chi connectivity index (χ1n) is 5.83. The minimum absolute atomic E-state index is 0.234. The topological polar surface area (TPSA) is 47.6 Å². The first-order valence-corrected chi connectivity index (χ1v) is 5.83. The van der Waals surface area contributed by atoms with Crippen LogP contribution in [0.4, 0.5) is 5.69 Å². The predicted molar refractivity (Wildman–Crippen MR) is 73.9 cm³/mol. The van der Waals surface area contributed by atoms with Crippen molar-refractivity contribution in [3.63, 3.8) is 0 Å². The van der Waals surface area contributed by atoms with Gasteiger partial charge in [0, 0.05) is 5.69 Å². The van der Waals surface area contributed by atoms with Gasteiger partial charge in [0.05, 0.1) is 19.8 Å². The number of methoxy groups -OCH3 is 2. The van der Waals surface area contributed by atoms with E-state index < -0.39 is 0 Å². The number of rotatable bonds is 4. The largest absolute Gasteiger partial charge is 0.497 e. The number of nitrogens with one attached hydrogen (secondary N) is 1. The Balaban J connectivity index is 2.27. The van der Waals surface area contributed by atoms with Crippen molar-refractivity contribution in [3.8, 4) is 11.5 Å². The van der Waals surface area contributed by atoms with Crippen molar-refractivity contribution in [2.24, 2.45) is 0 Å². The number of hydrogen-bond acceptors (Lipinski definition) is 3. The molecular formula is C15H15NO3. The maximum Gasteiger partial charge on any atom is 0.259 e. The van der Waals surface area contributed by atoms with Gasteiger partial charge in [0.2, 0.25) is 0 Å². The first-order chi connectivity index (χ1) is 9.24. The second-order valence-corrected chi connectivity index (χ2v) is 3.89. The molecule has 4 nitrogen and oxygen atoms in total. The van der Waals surface area contributed by atoms with Gasteiger partial charge in [-0.25, -0.2) is 0 Å². The highest BCUT2D eigenvalue weighted by Crippen LogP contribution is 2.24. The van der Waals surface area contributed by atoms with E-state index in [2.05, 4.69) is 5.32 Å². The monoisotopic (exact) mass is 257 g/mol. The van der Waals surface area contributed by atoms with Gasteiger partial charge in [-0.1, -0.05) is 18.2 Å². The zero-order valence-corrected chi connectivity index (χ0v) is 10.8. The molecule has 0 unspecified atom stereocenters. The van der Waals surface area contributed by atoms with E-state index in [1.807, 2.05) is 30.3 Å². The fourth-order valence-electron chi connectivity index (χ4n) is 1.71. The van der Waals surface area contributed by atoms with Crippen molar-refractivity contribution in [1.82, 2.24) is 0 Å². The Kier molecular flexibility index (Phi) is 4.03. The van der Waals surface area contributed by atoms with Gasteiger partial charge in [-0.15, -0.1) is 0 Å². The van der Waals surface area contributed by atoms with Crippen LogP contribution in [0.25, 0.3) is 0 Å². The van der Waals surface area contributed by atoms with Crippen molar-refractivity contribution in [2.45, 2.75) is 0 Å². The van der Waals surface area contributed by atoms with Gasteiger partial charge in [0.1, 0.15) is 11.5 Å². The summed E-state index contributed by atoms with van der Waals surface area (Å²) >= 11 is 0. The van der Waals surface area contributed by atoms with Gasteiger partial charge in [-0.2, -0.15) is 0 Å². The van der Waals surface area contributed by atoms with Crippen molar-refractivity contribution >= 4 is 11.6 Å². The molecule has 0 atom stereocenters. The van der Waals surface area contributed by atoms with Gasteiger partial charge < -0.3 is 14.8 Å². The molecule has 0 aliphatic carbocycles. The Morgan fingerprint density at radius 2 is 1.74 bits per heavy atom. The minimum atomic E-state index is -0.234. The maximum absolute atomic E-state index is 12.2. The van der Waals surface area contributed by atoms with E-state index in [1.165, 1.54) is 7.11 Å². The minimum Gasteiger partial charge on any atom is -0.497 e. The predicted octanol–water partition coefficient (Wildman–Crippen LogP) is 2.96. The number of benzene rings is 2. The van der Waals surface area contributed by atoms with Crippen LogP contribution in [0, 0.1) is 0 Å². The van der Waals surface area contributed by atoms with Gasteiger partial charge in [0.15, 0.2) is 0 Å². The van der Waals surface area contributed by atoms with Crippen LogP contribution in [0.5, 0.6) is 11.5 Å². The third kappa shape index (κ3) is 3.04. The normalized spacial score (nSPS) is 9.79. The highest BCUT2D eigenvalue weighted by Gasteiger charge is 2.13. The number of amides is 1. The third-order valence-electron chi connectivity index (χ3n) is 2.68. The van der Waals surface area contributed by atoms with Crippen LogP contribution in [0.1, 0.15) is 10.4 Å². The molecule has 0 radical (unpaired) electrons. The molecule has 2 aromatic rings. The fourth-order valence-corrected chi connectivity index (χ4v) is 1.71. The van der Waals surface area contributed by atoms with Crippen molar-refractivity contribution in [1.29, 1.82) is 0 Å². The van der Waals surface area contributed by atoms with Crippen LogP contribution in [-0.2, 0) is 0 Å². The molecule has 2 rings (SSSR count). The maximum atomic E-state index is 12.2. The second-order valence-electron chi connectivity index (χ2n) is 3.89. The van der Waals surface area contributed by atoms with Crippen LogP contribution >= 0.6 is 0 Å². The Hall–Kier alpha value is -2.49. The van der Waals surface area contributed by atoms with Gasteiger partial charge in [-0.05, 0) is 30.3 Å². The number of carbonyl (C=O) groups is 1. The lowest BCUT2D eigenvalue weighted by Gasteiger charge is -2.10. The van der Waals surface area contributed by atoms with E-state index in [0.29, 0.717) is 17.1 Å². The van der Waals surface area contributed by atoms with Crippen LogP contribution < -0.4 is 14.8 Å². The van der Waals surface area contributed by atoms with E-state index in [4.69, 9.17) is 9.47 Å².